The fraction of sp³-hybridized carbons (Fsp3) is 0.917. The summed E-state index contributed by atoms with van der Waals surface area (Å²) in [6, 6.07) is 0. The number of nitrogens with zero attached hydrogens (tertiary/aromatic N) is 2. The van der Waals surface area contributed by atoms with Crippen LogP contribution in [0, 0.1) is 5.92 Å². The summed E-state index contributed by atoms with van der Waals surface area (Å²) < 4.78 is 5.40. The molecule has 0 radical (unpaired) electrons. The summed E-state index contributed by atoms with van der Waals surface area (Å²) in [5.41, 5.74) is 0. The van der Waals surface area contributed by atoms with E-state index in [2.05, 4.69) is 17.3 Å². The first-order valence-electron chi connectivity index (χ1n) is 6.56. The number of carbonyl (C=O) groups is 1. The molecule has 2 heterocycles. The molecule has 0 bridgehead atoms. The average Bonchev–Trinajstić information content (AvgIpc) is 2.38. The van der Waals surface area contributed by atoms with Gasteiger partial charge in [-0.1, -0.05) is 0 Å². The van der Waals surface area contributed by atoms with E-state index in [0.717, 1.165) is 52.1 Å². The second kappa shape index (κ2) is 6.21. The van der Waals surface area contributed by atoms with E-state index in [4.69, 9.17) is 4.74 Å². The van der Waals surface area contributed by atoms with Crippen LogP contribution in [0.4, 0.5) is 4.79 Å². The normalized spacial score (nSPS) is 23.7. The summed E-state index contributed by atoms with van der Waals surface area (Å²) >= 11 is 0. The zero-order chi connectivity index (χ0) is 12.1. The Labute approximate surface area is 103 Å². The predicted molar refractivity (Wildman–Crippen MR) is 66.0 cm³/mol. The molecule has 2 fully saturated rings. The van der Waals surface area contributed by atoms with E-state index in [1.54, 1.807) is 0 Å². The fourth-order valence-corrected chi connectivity index (χ4v) is 2.32. The molecule has 5 heteroatoms. The highest BCUT2D eigenvalue weighted by Gasteiger charge is 2.21. The summed E-state index contributed by atoms with van der Waals surface area (Å²) in [5, 5.41) is 3.31. The van der Waals surface area contributed by atoms with Gasteiger partial charge in [0.2, 0.25) is 0 Å². The first kappa shape index (κ1) is 12.6. The second-order valence-corrected chi connectivity index (χ2v) is 5.06. The number of nitrogens with one attached hydrogen (secondary N) is 1. The molecule has 1 amide bonds. The molecule has 0 spiro atoms. The van der Waals surface area contributed by atoms with E-state index in [-0.39, 0.29) is 6.09 Å². The van der Waals surface area contributed by atoms with Gasteiger partial charge in [0.15, 0.2) is 0 Å². The van der Waals surface area contributed by atoms with Crippen LogP contribution in [0.3, 0.4) is 0 Å². The highest BCUT2D eigenvalue weighted by molar-refractivity contribution is 5.67. The minimum absolute atomic E-state index is 0.128. The number of piperidine rings is 1. The van der Waals surface area contributed by atoms with Crippen LogP contribution in [0.15, 0.2) is 0 Å². The van der Waals surface area contributed by atoms with Crippen molar-refractivity contribution >= 4 is 6.09 Å². The Hall–Kier alpha value is -0.810. The molecule has 2 rings (SSSR count). The number of likely N-dealkylation sites (N-methyl/N-ethyl adjacent to an activating group) is 1. The van der Waals surface area contributed by atoms with Crippen molar-refractivity contribution in [2.24, 2.45) is 5.92 Å². The SMILES string of the molecule is CN1CCN(C(=O)OCC2CCNCC2)CC1. The third-order valence-corrected chi connectivity index (χ3v) is 3.66. The van der Waals surface area contributed by atoms with Crippen molar-refractivity contribution in [3.63, 3.8) is 0 Å². The molecule has 2 aliphatic rings. The van der Waals surface area contributed by atoms with Crippen molar-refractivity contribution in [1.82, 2.24) is 15.1 Å². The van der Waals surface area contributed by atoms with Crippen molar-refractivity contribution in [2.45, 2.75) is 12.8 Å². The molecule has 0 atom stereocenters. The Morgan fingerprint density at radius 1 is 1.24 bits per heavy atom. The summed E-state index contributed by atoms with van der Waals surface area (Å²) in [5.74, 6) is 0.549. The molecule has 0 unspecified atom stereocenters. The lowest BCUT2D eigenvalue weighted by Gasteiger charge is -2.32. The molecule has 0 saturated carbocycles. The average molecular weight is 241 g/mol. The van der Waals surface area contributed by atoms with Gasteiger partial charge in [-0.25, -0.2) is 4.79 Å². The number of amides is 1. The van der Waals surface area contributed by atoms with Crippen LogP contribution in [0.25, 0.3) is 0 Å². The molecular weight excluding hydrogens is 218 g/mol. The van der Waals surface area contributed by atoms with E-state index in [1.165, 1.54) is 0 Å². The van der Waals surface area contributed by atoms with Crippen LogP contribution in [0.1, 0.15) is 12.8 Å². The van der Waals surface area contributed by atoms with Crippen LogP contribution in [0.2, 0.25) is 0 Å². The second-order valence-electron chi connectivity index (χ2n) is 5.06. The Bertz CT molecular complexity index is 246. The zero-order valence-electron chi connectivity index (χ0n) is 10.7. The highest BCUT2D eigenvalue weighted by Crippen LogP contribution is 2.12. The first-order chi connectivity index (χ1) is 8.25. The van der Waals surface area contributed by atoms with E-state index < -0.39 is 0 Å². The number of piperazine rings is 1. The molecule has 0 aromatic carbocycles. The molecule has 17 heavy (non-hydrogen) atoms. The Balaban J connectivity index is 1.66. The van der Waals surface area contributed by atoms with Gasteiger partial charge in [-0.2, -0.15) is 0 Å². The van der Waals surface area contributed by atoms with Crippen molar-refractivity contribution in [3.8, 4) is 0 Å². The van der Waals surface area contributed by atoms with E-state index in [0.29, 0.717) is 12.5 Å². The quantitative estimate of drug-likeness (QED) is 0.758. The summed E-state index contributed by atoms with van der Waals surface area (Å²) in [6.07, 6.45) is 2.11. The van der Waals surface area contributed by atoms with E-state index in [1.807, 2.05) is 4.90 Å². The fourth-order valence-electron chi connectivity index (χ4n) is 2.32. The molecule has 2 saturated heterocycles. The van der Waals surface area contributed by atoms with Crippen molar-refractivity contribution < 1.29 is 9.53 Å². The molecule has 2 aliphatic heterocycles. The topological polar surface area (TPSA) is 44.8 Å². The predicted octanol–water partition coefficient (Wildman–Crippen LogP) is 0.370. The molecule has 0 aliphatic carbocycles. The van der Waals surface area contributed by atoms with Gasteiger partial charge in [0.25, 0.3) is 0 Å². The number of rotatable bonds is 2. The minimum atomic E-state index is -0.128. The van der Waals surface area contributed by atoms with Gasteiger partial charge >= 0.3 is 6.09 Å². The van der Waals surface area contributed by atoms with Crippen LogP contribution in [-0.2, 0) is 4.74 Å². The summed E-state index contributed by atoms with van der Waals surface area (Å²) in [4.78, 5) is 15.9. The number of ether oxygens (including phenoxy) is 1. The smallest absolute Gasteiger partial charge is 0.409 e. The van der Waals surface area contributed by atoms with Gasteiger partial charge in [0.1, 0.15) is 0 Å². The van der Waals surface area contributed by atoms with Gasteiger partial charge in [-0.05, 0) is 38.9 Å². The Morgan fingerprint density at radius 2 is 1.88 bits per heavy atom. The van der Waals surface area contributed by atoms with Crippen LogP contribution in [0.5, 0.6) is 0 Å². The van der Waals surface area contributed by atoms with Crippen LogP contribution >= 0.6 is 0 Å². The molecule has 0 aromatic rings. The number of carbonyl (C=O) groups excluding carboxylic acids is 1. The standard InChI is InChI=1S/C12H23N3O2/c1-14-6-8-15(9-7-14)12(16)17-10-11-2-4-13-5-3-11/h11,13H,2-10H2,1H3. The first-order valence-corrected chi connectivity index (χ1v) is 6.56. The molecular formula is C12H23N3O2. The van der Waals surface area contributed by atoms with Gasteiger partial charge in [0, 0.05) is 26.2 Å². The van der Waals surface area contributed by atoms with Crippen molar-refractivity contribution in [1.29, 1.82) is 0 Å². The lowest BCUT2D eigenvalue weighted by Crippen LogP contribution is -2.47. The van der Waals surface area contributed by atoms with Gasteiger partial charge in [-0.15, -0.1) is 0 Å². The highest BCUT2D eigenvalue weighted by atomic mass is 16.6. The Morgan fingerprint density at radius 3 is 2.53 bits per heavy atom. The molecule has 98 valence electrons. The van der Waals surface area contributed by atoms with Crippen molar-refractivity contribution in [3.05, 3.63) is 0 Å². The monoisotopic (exact) mass is 241 g/mol. The third kappa shape index (κ3) is 3.85. The maximum atomic E-state index is 11.8. The lowest BCUT2D eigenvalue weighted by atomic mass is 9.99. The van der Waals surface area contributed by atoms with Gasteiger partial charge in [-0.3, -0.25) is 0 Å². The maximum absolute atomic E-state index is 11.8. The van der Waals surface area contributed by atoms with E-state index in [9.17, 15) is 4.79 Å². The molecule has 1 N–H and O–H groups in total. The van der Waals surface area contributed by atoms with Crippen LogP contribution in [-0.4, -0.2) is 68.8 Å². The van der Waals surface area contributed by atoms with Crippen LogP contribution < -0.4 is 5.32 Å². The number of hydrogen-bond donors (Lipinski definition) is 1. The largest absolute Gasteiger partial charge is 0.449 e. The zero-order valence-corrected chi connectivity index (χ0v) is 10.7. The van der Waals surface area contributed by atoms with Crippen molar-refractivity contribution in [2.75, 3.05) is 52.9 Å². The van der Waals surface area contributed by atoms with Gasteiger partial charge < -0.3 is 19.9 Å². The molecule has 0 aromatic heterocycles. The van der Waals surface area contributed by atoms with E-state index >= 15 is 0 Å². The number of hydrogen-bond acceptors (Lipinski definition) is 4. The minimum Gasteiger partial charge on any atom is -0.449 e. The Kier molecular flexibility index (Phi) is 4.62. The maximum Gasteiger partial charge on any atom is 0.409 e. The summed E-state index contributed by atoms with van der Waals surface area (Å²) in [7, 11) is 2.08. The van der Waals surface area contributed by atoms with Gasteiger partial charge in [0.05, 0.1) is 6.61 Å². The summed E-state index contributed by atoms with van der Waals surface area (Å²) in [6.45, 7) is 6.17. The molecule has 5 nitrogen and oxygen atoms in total. The third-order valence-electron chi connectivity index (χ3n) is 3.66. The lowest BCUT2D eigenvalue weighted by molar-refractivity contribution is 0.0661.